The zero-order chi connectivity index (χ0) is 19.5. The Morgan fingerprint density at radius 3 is 3.14 bits per heavy atom. The number of carbonyl (C=O) groups excluding carboxylic acids is 1. The number of aromatic nitrogens is 3. The number of fused-ring (bicyclic) bond motifs is 1. The van der Waals surface area contributed by atoms with E-state index in [4.69, 9.17) is 16.6 Å². The lowest BCUT2D eigenvalue weighted by molar-refractivity contribution is -0.113. The molecule has 1 atom stereocenters. The number of thioether (sulfide) groups is 1. The number of thiazole rings is 1. The van der Waals surface area contributed by atoms with Gasteiger partial charge in [-0.25, -0.2) is 9.97 Å². The highest BCUT2D eigenvalue weighted by Gasteiger charge is 2.21. The monoisotopic (exact) mass is 433 g/mol. The highest BCUT2D eigenvalue weighted by atomic mass is 35.5. The number of benzene rings is 1. The van der Waals surface area contributed by atoms with Crippen molar-refractivity contribution in [1.29, 1.82) is 0 Å². The van der Waals surface area contributed by atoms with Crippen molar-refractivity contribution >= 4 is 61.8 Å². The first kappa shape index (κ1) is 19.4. The molecule has 3 aromatic rings. The molecule has 0 saturated carbocycles. The number of amides is 1. The van der Waals surface area contributed by atoms with Crippen molar-refractivity contribution in [2.75, 3.05) is 29.1 Å². The first-order chi connectivity index (χ1) is 13.6. The van der Waals surface area contributed by atoms with Gasteiger partial charge in [-0.1, -0.05) is 47.7 Å². The molecular weight excluding hydrogens is 414 g/mol. The maximum absolute atomic E-state index is 12.3. The molecule has 4 rings (SSSR count). The van der Waals surface area contributed by atoms with E-state index >= 15 is 0 Å². The summed E-state index contributed by atoms with van der Waals surface area (Å²) >= 11 is 8.97. The van der Waals surface area contributed by atoms with E-state index in [2.05, 4.69) is 27.1 Å². The lowest BCUT2D eigenvalue weighted by Gasteiger charge is -2.30. The zero-order valence-electron chi connectivity index (χ0n) is 15.4. The maximum atomic E-state index is 12.3. The Labute approximate surface area is 176 Å². The largest absolute Gasteiger partial charge is 0.348 e. The molecule has 0 radical (unpaired) electrons. The number of carbonyl (C=O) groups is 1. The van der Waals surface area contributed by atoms with Crippen LogP contribution in [0.25, 0.3) is 10.3 Å². The number of hydrogen-bond acceptors (Lipinski definition) is 7. The quantitative estimate of drug-likeness (QED) is 0.464. The van der Waals surface area contributed by atoms with E-state index in [1.165, 1.54) is 30.9 Å². The third kappa shape index (κ3) is 4.56. The summed E-state index contributed by atoms with van der Waals surface area (Å²) in [6.07, 6.45) is 3.97. The van der Waals surface area contributed by atoms with Crippen molar-refractivity contribution in [2.45, 2.75) is 24.8 Å². The standard InChI is InChI=1S/C19H20ClN5OS2/c1-12-4-3-7-25(9-12)19-24-17-16(28-19)18(22-11-21-17)27-10-15(26)23-14-6-2-5-13(20)8-14/h2,5-6,8,11-12H,3-4,7,9-10H2,1H3,(H,23,26)/t12-/m1/s1. The Morgan fingerprint density at radius 1 is 1.43 bits per heavy atom. The molecule has 0 aliphatic carbocycles. The van der Waals surface area contributed by atoms with Crippen molar-refractivity contribution in [1.82, 2.24) is 15.0 Å². The lowest BCUT2D eigenvalue weighted by Crippen LogP contribution is -2.34. The Hall–Kier alpha value is -1.90. The van der Waals surface area contributed by atoms with Gasteiger partial charge < -0.3 is 10.2 Å². The molecule has 28 heavy (non-hydrogen) atoms. The fourth-order valence-corrected chi connectivity index (χ4v) is 5.34. The minimum atomic E-state index is -0.103. The van der Waals surface area contributed by atoms with Crippen LogP contribution in [-0.4, -0.2) is 39.7 Å². The van der Waals surface area contributed by atoms with Crippen LogP contribution in [0.1, 0.15) is 19.8 Å². The predicted octanol–water partition coefficient (Wildman–Crippen LogP) is 4.71. The third-order valence-electron chi connectivity index (χ3n) is 4.52. The van der Waals surface area contributed by atoms with Crippen LogP contribution in [0.2, 0.25) is 5.02 Å². The van der Waals surface area contributed by atoms with Crippen LogP contribution in [0.3, 0.4) is 0 Å². The van der Waals surface area contributed by atoms with E-state index in [1.807, 2.05) is 6.07 Å². The summed E-state index contributed by atoms with van der Waals surface area (Å²) in [6, 6.07) is 7.11. The second-order valence-corrected chi connectivity index (χ2v) is 9.25. The number of halogens is 1. The molecule has 1 N–H and O–H groups in total. The Morgan fingerprint density at radius 2 is 2.32 bits per heavy atom. The molecule has 6 nitrogen and oxygen atoms in total. The average Bonchev–Trinajstić information content (AvgIpc) is 3.11. The minimum Gasteiger partial charge on any atom is -0.348 e. The topological polar surface area (TPSA) is 71.0 Å². The Balaban J connectivity index is 1.45. The number of hydrogen-bond donors (Lipinski definition) is 1. The van der Waals surface area contributed by atoms with E-state index in [-0.39, 0.29) is 11.7 Å². The molecule has 0 spiro atoms. The number of nitrogens with zero attached hydrogens (tertiary/aromatic N) is 4. The van der Waals surface area contributed by atoms with Gasteiger partial charge in [0.15, 0.2) is 10.8 Å². The molecule has 2 aromatic heterocycles. The van der Waals surface area contributed by atoms with E-state index in [0.717, 1.165) is 27.9 Å². The number of nitrogens with one attached hydrogen (secondary N) is 1. The lowest BCUT2D eigenvalue weighted by atomic mass is 10.0. The number of rotatable bonds is 5. The summed E-state index contributed by atoms with van der Waals surface area (Å²) in [5.74, 6) is 0.830. The van der Waals surface area contributed by atoms with Crippen LogP contribution < -0.4 is 10.2 Å². The van der Waals surface area contributed by atoms with E-state index in [1.54, 1.807) is 29.5 Å². The minimum absolute atomic E-state index is 0.103. The smallest absolute Gasteiger partial charge is 0.234 e. The summed E-state index contributed by atoms with van der Waals surface area (Å²) in [7, 11) is 0. The Bertz CT molecular complexity index is 995. The summed E-state index contributed by atoms with van der Waals surface area (Å²) < 4.78 is 0.941. The molecule has 1 saturated heterocycles. The first-order valence-corrected chi connectivity index (χ1v) is 11.3. The first-order valence-electron chi connectivity index (χ1n) is 9.13. The van der Waals surface area contributed by atoms with Crippen LogP contribution in [0.4, 0.5) is 10.8 Å². The molecule has 1 fully saturated rings. The van der Waals surface area contributed by atoms with Crippen LogP contribution in [-0.2, 0) is 4.79 Å². The fourth-order valence-electron chi connectivity index (χ4n) is 3.22. The summed E-state index contributed by atoms with van der Waals surface area (Å²) in [6.45, 7) is 4.33. The number of piperidine rings is 1. The van der Waals surface area contributed by atoms with E-state index < -0.39 is 0 Å². The predicted molar refractivity (Wildman–Crippen MR) is 117 cm³/mol. The third-order valence-corrected chi connectivity index (χ3v) is 6.99. The zero-order valence-corrected chi connectivity index (χ0v) is 17.8. The van der Waals surface area contributed by atoms with Gasteiger partial charge in [-0.2, -0.15) is 4.98 Å². The van der Waals surface area contributed by atoms with Crippen molar-refractivity contribution in [2.24, 2.45) is 5.92 Å². The van der Waals surface area contributed by atoms with E-state index in [0.29, 0.717) is 22.3 Å². The molecule has 146 valence electrons. The van der Waals surface area contributed by atoms with Crippen molar-refractivity contribution in [3.8, 4) is 0 Å². The van der Waals surface area contributed by atoms with Gasteiger partial charge in [0.2, 0.25) is 5.91 Å². The molecule has 9 heteroatoms. The molecule has 0 unspecified atom stereocenters. The van der Waals surface area contributed by atoms with E-state index in [9.17, 15) is 4.79 Å². The van der Waals surface area contributed by atoms with Gasteiger partial charge in [0.1, 0.15) is 16.1 Å². The molecule has 1 aromatic carbocycles. The molecule has 3 heterocycles. The van der Waals surface area contributed by atoms with Crippen molar-refractivity contribution in [3.63, 3.8) is 0 Å². The van der Waals surface area contributed by atoms with Crippen LogP contribution in [0.5, 0.6) is 0 Å². The summed E-state index contributed by atoms with van der Waals surface area (Å²) in [4.78, 5) is 28.0. The van der Waals surface area contributed by atoms with Gasteiger partial charge in [0.05, 0.1) is 5.75 Å². The van der Waals surface area contributed by atoms with Crippen molar-refractivity contribution in [3.05, 3.63) is 35.6 Å². The maximum Gasteiger partial charge on any atom is 0.234 e. The fraction of sp³-hybridized carbons (Fsp3) is 0.368. The molecule has 1 aliphatic rings. The molecule has 1 amide bonds. The van der Waals surface area contributed by atoms with Gasteiger partial charge in [0, 0.05) is 23.8 Å². The molecule has 0 bridgehead atoms. The summed E-state index contributed by atoms with van der Waals surface area (Å²) in [5.41, 5.74) is 1.39. The van der Waals surface area contributed by atoms with Crippen molar-refractivity contribution < 1.29 is 4.79 Å². The van der Waals surface area contributed by atoms with Gasteiger partial charge in [0.25, 0.3) is 0 Å². The second kappa shape index (κ2) is 8.63. The highest BCUT2D eigenvalue weighted by Crippen LogP contribution is 2.35. The Kier molecular flexibility index (Phi) is 5.99. The molecular formula is C19H20ClN5OS2. The molecule has 1 aliphatic heterocycles. The van der Waals surface area contributed by atoms with Gasteiger partial charge >= 0.3 is 0 Å². The van der Waals surface area contributed by atoms with Gasteiger partial charge in [-0.3, -0.25) is 4.79 Å². The highest BCUT2D eigenvalue weighted by molar-refractivity contribution is 8.00. The summed E-state index contributed by atoms with van der Waals surface area (Å²) in [5, 5.41) is 5.23. The normalized spacial score (nSPS) is 17.1. The van der Waals surface area contributed by atoms with Crippen LogP contribution >= 0.6 is 34.7 Å². The average molecular weight is 434 g/mol. The van der Waals surface area contributed by atoms with Gasteiger partial charge in [-0.05, 0) is 37.0 Å². The second-order valence-electron chi connectivity index (χ2n) is 6.87. The van der Waals surface area contributed by atoms with Crippen LogP contribution in [0.15, 0.2) is 35.6 Å². The SMILES string of the molecule is C[C@@H]1CCCN(c2nc3ncnc(SCC(=O)Nc4cccc(Cl)c4)c3s2)C1. The van der Waals surface area contributed by atoms with Gasteiger partial charge in [-0.15, -0.1) is 0 Å². The number of anilines is 2. The van der Waals surface area contributed by atoms with Crippen LogP contribution in [0, 0.1) is 5.92 Å².